The normalized spacial score (nSPS) is 16.1. The molecule has 1 atom stereocenters. The third kappa shape index (κ3) is 3.71. The van der Waals surface area contributed by atoms with Crippen molar-refractivity contribution in [3.8, 4) is 0 Å². The Morgan fingerprint density at radius 3 is 2.80 bits per heavy atom. The van der Waals surface area contributed by atoms with Crippen molar-refractivity contribution in [2.24, 2.45) is 0 Å². The maximum absolute atomic E-state index is 10.2. The molecule has 0 aliphatic heterocycles. The first-order valence-electron chi connectivity index (χ1n) is 6.68. The van der Waals surface area contributed by atoms with Crippen LogP contribution in [-0.4, -0.2) is 27.1 Å². The van der Waals surface area contributed by atoms with Gasteiger partial charge in [-0.05, 0) is 25.3 Å². The van der Waals surface area contributed by atoms with Crippen LogP contribution in [0.4, 0.5) is 5.13 Å². The summed E-state index contributed by atoms with van der Waals surface area (Å²) >= 11 is 3.11. The van der Waals surface area contributed by atoms with Crippen molar-refractivity contribution >= 4 is 28.2 Å². The molecule has 20 heavy (non-hydrogen) atoms. The van der Waals surface area contributed by atoms with E-state index in [0.717, 1.165) is 15.0 Å². The molecule has 1 aromatic heterocycles. The largest absolute Gasteiger partial charge is 0.388 e. The summed E-state index contributed by atoms with van der Waals surface area (Å²) < 4.78 is 0.902. The molecule has 1 heterocycles. The van der Waals surface area contributed by atoms with Crippen LogP contribution in [-0.2, 0) is 0 Å². The highest BCUT2D eigenvalue weighted by Gasteiger charge is 2.22. The smallest absolute Gasteiger partial charge is 0.206 e. The van der Waals surface area contributed by atoms with Crippen molar-refractivity contribution in [3.63, 3.8) is 0 Å². The van der Waals surface area contributed by atoms with Crippen LogP contribution in [0.5, 0.6) is 0 Å². The number of aromatic nitrogens is 2. The van der Waals surface area contributed by atoms with Gasteiger partial charge in [-0.25, -0.2) is 0 Å². The molecule has 1 aliphatic carbocycles. The monoisotopic (exact) mass is 307 g/mol. The van der Waals surface area contributed by atoms with Crippen LogP contribution >= 0.6 is 23.1 Å². The van der Waals surface area contributed by atoms with Crippen LogP contribution in [0.3, 0.4) is 0 Å². The minimum absolute atomic E-state index is 0.468. The third-order valence-corrected chi connectivity index (χ3v) is 5.20. The summed E-state index contributed by atoms with van der Waals surface area (Å²) in [6.07, 6.45) is 1.99. The van der Waals surface area contributed by atoms with Gasteiger partial charge in [-0.3, -0.25) is 0 Å². The molecule has 1 aliphatic rings. The van der Waals surface area contributed by atoms with E-state index >= 15 is 0 Å². The number of benzene rings is 1. The fourth-order valence-electron chi connectivity index (χ4n) is 1.76. The summed E-state index contributed by atoms with van der Waals surface area (Å²) in [7, 11) is 0. The molecule has 2 N–H and O–H groups in total. The van der Waals surface area contributed by atoms with E-state index < -0.39 is 6.10 Å². The van der Waals surface area contributed by atoms with E-state index in [0.29, 0.717) is 11.8 Å². The molecule has 1 fully saturated rings. The Balaban J connectivity index is 1.52. The molecule has 0 saturated heterocycles. The van der Waals surface area contributed by atoms with Gasteiger partial charge in [0.15, 0.2) is 4.34 Å². The molecule has 1 unspecified atom stereocenters. The average Bonchev–Trinajstić information content (AvgIpc) is 3.14. The van der Waals surface area contributed by atoms with Gasteiger partial charge in [0.1, 0.15) is 0 Å². The number of aliphatic hydroxyl groups is 1. The minimum atomic E-state index is -0.468. The predicted molar refractivity (Wildman–Crippen MR) is 83.4 cm³/mol. The first kappa shape index (κ1) is 13.9. The third-order valence-electron chi connectivity index (χ3n) is 3.14. The Morgan fingerprint density at radius 2 is 2.10 bits per heavy atom. The van der Waals surface area contributed by atoms with E-state index in [2.05, 4.69) is 15.5 Å². The summed E-state index contributed by atoms with van der Waals surface area (Å²) in [5.74, 6) is 0.598. The Hall–Kier alpha value is -1.11. The molecule has 106 valence electrons. The molecule has 0 radical (unpaired) electrons. The number of rotatable bonds is 6. The summed E-state index contributed by atoms with van der Waals surface area (Å²) in [4.78, 5) is 0. The summed E-state index contributed by atoms with van der Waals surface area (Å²) in [6.45, 7) is 2.04. The Bertz CT molecular complexity index is 566. The maximum Gasteiger partial charge on any atom is 0.206 e. The van der Waals surface area contributed by atoms with E-state index in [1.54, 1.807) is 23.1 Å². The summed E-state index contributed by atoms with van der Waals surface area (Å²) in [5, 5.41) is 22.6. The molecule has 0 amide bonds. The number of nitrogens with zero attached hydrogens (tertiary/aromatic N) is 2. The number of nitrogens with one attached hydrogen (secondary N) is 1. The highest BCUT2D eigenvalue weighted by atomic mass is 32.2. The fourth-order valence-corrected chi connectivity index (χ4v) is 3.59. The number of aryl methyl sites for hydroxylation is 1. The van der Waals surface area contributed by atoms with Gasteiger partial charge in [-0.15, -0.1) is 10.2 Å². The fraction of sp³-hybridized carbons (Fsp3) is 0.429. The van der Waals surface area contributed by atoms with E-state index in [9.17, 15) is 5.11 Å². The quantitative estimate of drug-likeness (QED) is 0.802. The highest BCUT2D eigenvalue weighted by molar-refractivity contribution is 8.01. The number of thioether (sulfide) groups is 1. The second kappa shape index (κ2) is 6.11. The molecule has 1 saturated carbocycles. The zero-order valence-corrected chi connectivity index (χ0v) is 12.9. The maximum atomic E-state index is 10.2. The van der Waals surface area contributed by atoms with Crippen LogP contribution in [0.25, 0.3) is 0 Å². The highest BCUT2D eigenvalue weighted by Crippen LogP contribution is 2.32. The molecule has 0 bridgehead atoms. The lowest BCUT2D eigenvalue weighted by molar-refractivity contribution is 0.204. The van der Waals surface area contributed by atoms with Gasteiger partial charge in [-0.1, -0.05) is 52.9 Å². The Labute approximate surface area is 126 Å². The average molecular weight is 307 g/mol. The van der Waals surface area contributed by atoms with Crippen LogP contribution in [0.15, 0.2) is 28.6 Å². The van der Waals surface area contributed by atoms with Gasteiger partial charge in [0.05, 0.1) is 6.10 Å². The number of hydrogen-bond donors (Lipinski definition) is 2. The van der Waals surface area contributed by atoms with Crippen molar-refractivity contribution in [1.29, 1.82) is 0 Å². The van der Waals surface area contributed by atoms with Crippen LogP contribution in [0.2, 0.25) is 0 Å². The number of aliphatic hydroxyl groups excluding tert-OH is 1. The van der Waals surface area contributed by atoms with Crippen molar-refractivity contribution in [3.05, 3.63) is 35.4 Å². The first-order valence-corrected chi connectivity index (χ1v) is 8.48. The molecule has 1 aromatic carbocycles. The van der Waals surface area contributed by atoms with Crippen molar-refractivity contribution in [2.45, 2.75) is 36.3 Å². The van der Waals surface area contributed by atoms with Gasteiger partial charge in [0.25, 0.3) is 0 Å². The first-order chi connectivity index (χ1) is 9.70. The van der Waals surface area contributed by atoms with Gasteiger partial charge in [-0.2, -0.15) is 0 Å². The molecule has 6 heteroatoms. The number of anilines is 1. The zero-order valence-electron chi connectivity index (χ0n) is 11.2. The SMILES string of the molecule is Cc1ccc(C(O)CSc2nnc(NC3CC3)s2)cc1. The molecular formula is C14H17N3OS2. The Morgan fingerprint density at radius 1 is 1.35 bits per heavy atom. The molecule has 0 spiro atoms. The van der Waals surface area contributed by atoms with Gasteiger partial charge in [0.2, 0.25) is 5.13 Å². The summed E-state index contributed by atoms with van der Waals surface area (Å²) in [6, 6.07) is 8.58. The minimum Gasteiger partial charge on any atom is -0.388 e. The van der Waals surface area contributed by atoms with Crippen LogP contribution < -0.4 is 5.32 Å². The van der Waals surface area contributed by atoms with E-state index in [1.165, 1.54) is 18.4 Å². The lowest BCUT2D eigenvalue weighted by Gasteiger charge is -2.09. The molecule has 3 rings (SSSR count). The zero-order chi connectivity index (χ0) is 13.9. The lowest BCUT2D eigenvalue weighted by atomic mass is 10.1. The van der Waals surface area contributed by atoms with E-state index in [4.69, 9.17) is 0 Å². The van der Waals surface area contributed by atoms with Crippen molar-refractivity contribution in [1.82, 2.24) is 10.2 Å². The van der Waals surface area contributed by atoms with Crippen LogP contribution in [0, 0.1) is 6.92 Å². The second-order valence-corrected chi connectivity index (χ2v) is 7.27. The Kier molecular flexibility index (Phi) is 4.24. The molecule has 2 aromatic rings. The predicted octanol–water partition coefficient (Wildman–Crippen LogP) is 3.25. The number of hydrogen-bond acceptors (Lipinski definition) is 6. The van der Waals surface area contributed by atoms with Crippen molar-refractivity contribution in [2.75, 3.05) is 11.1 Å². The molecule has 4 nitrogen and oxygen atoms in total. The molecular weight excluding hydrogens is 290 g/mol. The second-order valence-electron chi connectivity index (χ2n) is 5.03. The van der Waals surface area contributed by atoms with Crippen molar-refractivity contribution < 1.29 is 5.11 Å². The van der Waals surface area contributed by atoms with Gasteiger partial charge < -0.3 is 10.4 Å². The summed E-state index contributed by atoms with van der Waals surface area (Å²) in [5.41, 5.74) is 2.15. The van der Waals surface area contributed by atoms with E-state index in [1.807, 2.05) is 31.2 Å². The van der Waals surface area contributed by atoms with Gasteiger partial charge >= 0.3 is 0 Å². The topological polar surface area (TPSA) is 58.0 Å². The standard InChI is InChI=1S/C14H17N3OS2/c1-9-2-4-10(5-3-9)12(18)8-19-14-17-16-13(20-14)15-11-6-7-11/h2-5,11-12,18H,6-8H2,1H3,(H,15,16). The van der Waals surface area contributed by atoms with Crippen LogP contribution in [0.1, 0.15) is 30.1 Å². The van der Waals surface area contributed by atoms with E-state index in [-0.39, 0.29) is 0 Å². The van der Waals surface area contributed by atoms with Gasteiger partial charge in [0, 0.05) is 11.8 Å². The lowest BCUT2D eigenvalue weighted by Crippen LogP contribution is -2.00.